The fourth-order valence-electron chi connectivity index (χ4n) is 1.70. The lowest BCUT2D eigenvalue weighted by Crippen LogP contribution is -2.19. The molecule has 2 rings (SSSR count). The monoisotopic (exact) mass is 295 g/mol. The molecule has 108 valence electrons. The van der Waals surface area contributed by atoms with Gasteiger partial charge < -0.3 is 5.32 Å². The number of aromatic nitrogens is 3. The van der Waals surface area contributed by atoms with Crippen molar-refractivity contribution in [2.24, 2.45) is 0 Å². The van der Waals surface area contributed by atoms with Gasteiger partial charge in [0.05, 0.1) is 11.9 Å². The van der Waals surface area contributed by atoms with Crippen molar-refractivity contribution in [2.75, 3.05) is 11.3 Å². The minimum atomic E-state index is -3.69. The van der Waals surface area contributed by atoms with Crippen molar-refractivity contribution in [1.29, 1.82) is 0 Å². The number of hydrogen-bond donors (Lipinski definition) is 3. The number of aryl methyl sites for hydroxylation is 1. The van der Waals surface area contributed by atoms with Crippen LogP contribution >= 0.6 is 0 Å². The summed E-state index contributed by atoms with van der Waals surface area (Å²) in [5.41, 5.74) is 1.86. The van der Waals surface area contributed by atoms with Crippen LogP contribution in [0.1, 0.15) is 18.1 Å². The Morgan fingerprint density at radius 1 is 1.35 bits per heavy atom. The highest BCUT2D eigenvalue weighted by molar-refractivity contribution is 7.92. The second kappa shape index (κ2) is 6.02. The summed E-state index contributed by atoms with van der Waals surface area (Å²) in [7, 11) is -3.69. The molecule has 0 fully saturated rings. The Labute approximate surface area is 117 Å². The Morgan fingerprint density at radius 2 is 2.15 bits per heavy atom. The van der Waals surface area contributed by atoms with E-state index in [0.717, 1.165) is 12.1 Å². The van der Waals surface area contributed by atoms with E-state index in [2.05, 4.69) is 25.2 Å². The molecule has 0 aliphatic heterocycles. The first kappa shape index (κ1) is 14.5. The predicted octanol–water partition coefficient (Wildman–Crippen LogP) is 1.02. The van der Waals surface area contributed by atoms with E-state index < -0.39 is 10.0 Å². The van der Waals surface area contributed by atoms with Gasteiger partial charge in [-0.3, -0.25) is 14.8 Å². The van der Waals surface area contributed by atoms with Gasteiger partial charge >= 0.3 is 0 Å². The van der Waals surface area contributed by atoms with Crippen LogP contribution < -0.4 is 10.0 Å². The quantitative estimate of drug-likeness (QED) is 0.739. The topological polar surface area (TPSA) is 99.8 Å². The standard InChI is InChI=1S/C12H17N5O2S/c1-3-13-7-10-8-15-16-12(10)20(18,19)17-11-4-5-14-6-9(11)2/h4-6,8,13H,3,7H2,1-2H3,(H,14,17)(H,15,16). The van der Waals surface area contributed by atoms with E-state index in [4.69, 9.17) is 0 Å². The maximum Gasteiger partial charge on any atom is 0.279 e. The number of anilines is 1. The first-order valence-electron chi connectivity index (χ1n) is 6.21. The number of sulfonamides is 1. The molecule has 0 spiro atoms. The highest BCUT2D eigenvalue weighted by atomic mass is 32.2. The molecule has 0 aromatic carbocycles. The molecule has 0 saturated carbocycles. The fourth-order valence-corrected chi connectivity index (χ4v) is 2.96. The third-order valence-electron chi connectivity index (χ3n) is 2.78. The summed E-state index contributed by atoms with van der Waals surface area (Å²) in [6.07, 6.45) is 4.65. The molecule has 0 radical (unpaired) electrons. The van der Waals surface area contributed by atoms with Crippen LogP contribution in [0.15, 0.2) is 29.7 Å². The molecule has 2 aromatic heterocycles. The first-order chi connectivity index (χ1) is 9.54. The molecule has 0 aliphatic carbocycles. The van der Waals surface area contributed by atoms with Crippen LogP contribution in [0, 0.1) is 6.92 Å². The lowest BCUT2D eigenvalue weighted by Gasteiger charge is -2.10. The summed E-state index contributed by atoms with van der Waals surface area (Å²) in [6.45, 7) is 4.93. The summed E-state index contributed by atoms with van der Waals surface area (Å²) < 4.78 is 27.3. The van der Waals surface area contributed by atoms with Crippen LogP contribution in [-0.4, -0.2) is 30.1 Å². The third-order valence-corrected chi connectivity index (χ3v) is 4.16. The van der Waals surface area contributed by atoms with E-state index in [-0.39, 0.29) is 5.03 Å². The van der Waals surface area contributed by atoms with E-state index in [1.165, 1.54) is 12.4 Å². The zero-order valence-corrected chi connectivity index (χ0v) is 12.2. The number of nitrogens with one attached hydrogen (secondary N) is 3. The second-order valence-corrected chi connectivity index (χ2v) is 5.92. The van der Waals surface area contributed by atoms with Gasteiger partial charge in [-0.1, -0.05) is 6.92 Å². The summed E-state index contributed by atoms with van der Waals surface area (Å²) >= 11 is 0. The van der Waals surface area contributed by atoms with Crippen molar-refractivity contribution in [3.05, 3.63) is 35.8 Å². The van der Waals surface area contributed by atoms with Crippen LogP contribution in [-0.2, 0) is 16.6 Å². The van der Waals surface area contributed by atoms with Crippen molar-refractivity contribution >= 4 is 15.7 Å². The van der Waals surface area contributed by atoms with Crippen molar-refractivity contribution in [3.63, 3.8) is 0 Å². The Kier molecular flexibility index (Phi) is 4.35. The average molecular weight is 295 g/mol. The van der Waals surface area contributed by atoms with Gasteiger partial charge in [0.2, 0.25) is 0 Å². The van der Waals surface area contributed by atoms with E-state index in [0.29, 0.717) is 17.8 Å². The highest BCUT2D eigenvalue weighted by Crippen LogP contribution is 2.19. The maximum absolute atomic E-state index is 12.4. The third kappa shape index (κ3) is 3.14. The summed E-state index contributed by atoms with van der Waals surface area (Å²) in [4.78, 5) is 3.93. The van der Waals surface area contributed by atoms with Crippen LogP contribution in [0.25, 0.3) is 0 Å². The van der Waals surface area contributed by atoms with Gasteiger partial charge in [0, 0.05) is 24.5 Å². The number of aromatic amines is 1. The molecule has 0 atom stereocenters. The van der Waals surface area contributed by atoms with Crippen molar-refractivity contribution in [3.8, 4) is 0 Å². The van der Waals surface area contributed by atoms with Gasteiger partial charge in [0.15, 0.2) is 5.03 Å². The molecule has 20 heavy (non-hydrogen) atoms. The molecule has 0 aliphatic rings. The second-order valence-electron chi connectivity index (χ2n) is 4.30. The molecule has 0 unspecified atom stereocenters. The van der Waals surface area contributed by atoms with Crippen LogP contribution in [0.5, 0.6) is 0 Å². The molecule has 7 nitrogen and oxygen atoms in total. The number of pyridine rings is 1. The number of nitrogens with zero attached hydrogens (tertiary/aromatic N) is 2. The van der Waals surface area contributed by atoms with E-state index in [9.17, 15) is 8.42 Å². The van der Waals surface area contributed by atoms with Crippen molar-refractivity contribution < 1.29 is 8.42 Å². The van der Waals surface area contributed by atoms with Crippen LogP contribution in [0.2, 0.25) is 0 Å². The van der Waals surface area contributed by atoms with Gasteiger partial charge in [0.25, 0.3) is 10.0 Å². The largest absolute Gasteiger partial charge is 0.313 e. The minimum Gasteiger partial charge on any atom is -0.313 e. The van der Waals surface area contributed by atoms with E-state index in [1.54, 1.807) is 19.2 Å². The molecule has 0 bridgehead atoms. The fraction of sp³-hybridized carbons (Fsp3) is 0.333. The number of H-pyrrole nitrogens is 1. The zero-order valence-electron chi connectivity index (χ0n) is 11.3. The van der Waals surface area contributed by atoms with Crippen LogP contribution in [0.4, 0.5) is 5.69 Å². The normalized spacial score (nSPS) is 11.5. The average Bonchev–Trinajstić information content (AvgIpc) is 2.88. The van der Waals surface area contributed by atoms with Gasteiger partial charge in [-0.2, -0.15) is 13.5 Å². The van der Waals surface area contributed by atoms with Gasteiger partial charge in [0.1, 0.15) is 0 Å². The zero-order chi connectivity index (χ0) is 14.6. The SMILES string of the molecule is CCNCc1cn[nH]c1S(=O)(=O)Nc1ccncc1C. The van der Waals surface area contributed by atoms with Gasteiger partial charge in [-0.05, 0) is 25.1 Å². The maximum atomic E-state index is 12.4. The lowest BCUT2D eigenvalue weighted by atomic mass is 10.3. The van der Waals surface area contributed by atoms with Crippen molar-refractivity contribution in [1.82, 2.24) is 20.5 Å². The highest BCUT2D eigenvalue weighted by Gasteiger charge is 2.21. The number of rotatable bonds is 6. The minimum absolute atomic E-state index is 0.0784. The Morgan fingerprint density at radius 3 is 2.85 bits per heavy atom. The molecule has 0 amide bonds. The Balaban J connectivity index is 2.27. The molecule has 2 heterocycles. The smallest absolute Gasteiger partial charge is 0.279 e. The van der Waals surface area contributed by atoms with Gasteiger partial charge in [-0.25, -0.2) is 0 Å². The summed E-state index contributed by atoms with van der Waals surface area (Å²) in [6, 6.07) is 1.62. The molecule has 2 aromatic rings. The van der Waals surface area contributed by atoms with E-state index >= 15 is 0 Å². The van der Waals surface area contributed by atoms with Crippen molar-refractivity contribution in [2.45, 2.75) is 25.4 Å². The molecular formula is C12H17N5O2S. The van der Waals surface area contributed by atoms with E-state index in [1.807, 2.05) is 6.92 Å². The number of hydrogen-bond acceptors (Lipinski definition) is 5. The van der Waals surface area contributed by atoms with Gasteiger partial charge in [-0.15, -0.1) is 0 Å². The molecule has 3 N–H and O–H groups in total. The Hall–Kier alpha value is -1.93. The van der Waals surface area contributed by atoms with Crippen LogP contribution in [0.3, 0.4) is 0 Å². The summed E-state index contributed by atoms with van der Waals surface area (Å²) in [5, 5.41) is 9.50. The predicted molar refractivity (Wildman–Crippen MR) is 75.8 cm³/mol. The molecule has 8 heteroatoms. The molecular weight excluding hydrogens is 278 g/mol. The summed E-state index contributed by atoms with van der Waals surface area (Å²) in [5.74, 6) is 0. The molecule has 0 saturated heterocycles. The Bertz CT molecular complexity index is 681. The lowest BCUT2D eigenvalue weighted by molar-refractivity contribution is 0.594. The first-order valence-corrected chi connectivity index (χ1v) is 7.69.